The molecule has 0 aliphatic heterocycles. The summed E-state index contributed by atoms with van der Waals surface area (Å²) in [6, 6.07) is 15.3. The van der Waals surface area contributed by atoms with E-state index < -0.39 is 0 Å². The summed E-state index contributed by atoms with van der Waals surface area (Å²) in [4.78, 5) is 16.2. The van der Waals surface area contributed by atoms with E-state index >= 15 is 0 Å². The van der Waals surface area contributed by atoms with Crippen molar-refractivity contribution >= 4 is 57.5 Å². The van der Waals surface area contributed by atoms with Gasteiger partial charge < -0.3 is 16.4 Å². The van der Waals surface area contributed by atoms with Gasteiger partial charge in [-0.05, 0) is 41.8 Å². The van der Waals surface area contributed by atoms with Gasteiger partial charge in [0.25, 0.3) is 5.91 Å². The van der Waals surface area contributed by atoms with Gasteiger partial charge >= 0.3 is 0 Å². The first-order valence-corrected chi connectivity index (χ1v) is 8.95. The van der Waals surface area contributed by atoms with Crippen LogP contribution in [0.3, 0.4) is 0 Å². The van der Waals surface area contributed by atoms with Crippen LogP contribution in [0, 0.1) is 0 Å². The fourth-order valence-corrected chi connectivity index (χ4v) is 2.64. The number of anilines is 1. The van der Waals surface area contributed by atoms with Gasteiger partial charge in [-0.25, -0.2) is 0 Å². The summed E-state index contributed by atoms with van der Waals surface area (Å²) in [6.45, 7) is 5.11. The average molecular weight is 531 g/mol. The molecule has 140 valence electrons. The monoisotopic (exact) mass is 530 g/mol. The number of carbonyl (C=O) groups excluding carboxylic acids is 1. The van der Waals surface area contributed by atoms with Gasteiger partial charge in [-0.2, -0.15) is 0 Å². The summed E-state index contributed by atoms with van der Waals surface area (Å²) >= 11 is 3.35. The van der Waals surface area contributed by atoms with Crippen molar-refractivity contribution in [1.29, 1.82) is 0 Å². The van der Waals surface area contributed by atoms with Gasteiger partial charge in [-0.1, -0.05) is 48.0 Å². The Morgan fingerprint density at radius 3 is 2.62 bits per heavy atom. The predicted octanol–water partition coefficient (Wildman–Crippen LogP) is 4.35. The number of hydrogen-bond acceptors (Lipinski definition) is 2. The van der Waals surface area contributed by atoms with Gasteiger partial charge in [0, 0.05) is 22.3 Å². The second kappa shape index (κ2) is 11.2. The van der Waals surface area contributed by atoms with E-state index in [0.29, 0.717) is 30.5 Å². The van der Waals surface area contributed by atoms with Gasteiger partial charge in [0.2, 0.25) is 0 Å². The second-order valence-electron chi connectivity index (χ2n) is 5.94. The van der Waals surface area contributed by atoms with E-state index in [4.69, 9.17) is 5.73 Å². The largest absolute Gasteiger partial charge is 0.370 e. The lowest BCUT2D eigenvalue weighted by Crippen LogP contribution is -2.28. The zero-order valence-electron chi connectivity index (χ0n) is 14.8. The molecule has 0 saturated carbocycles. The lowest BCUT2D eigenvalue weighted by molar-refractivity contribution is 0.0954. The molecule has 0 aliphatic rings. The minimum Gasteiger partial charge on any atom is -0.370 e. The quantitative estimate of drug-likeness (QED) is 0.225. The van der Waals surface area contributed by atoms with Crippen LogP contribution in [0.25, 0.3) is 0 Å². The van der Waals surface area contributed by atoms with Crippen LogP contribution in [0.1, 0.15) is 35.7 Å². The number of nitrogens with zero attached hydrogens (tertiary/aromatic N) is 1. The van der Waals surface area contributed by atoms with Crippen LogP contribution in [0.4, 0.5) is 5.69 Å². The number of halogens is 2. The van der Waals surface area contributed by atoms with Crippen LogP contribution in [0.5, 0.6) is 0 Å². The summed E-state index contributed by atoms with van der Waals surface area (Å²) in [7, 11) is 0. The summed E-state index contributed by atoms with van der Waals surface area (Å²) in [5.74, 6) is 0.651. The number of hydrogen-bond donors (Lipinski definition) is 3. The number of aliphatic imine (C=N–C) groups is 1. The van der Waals surface area contributed by atoms with Gasteiger partial charge in [-0.3, -0.25) is 9.79 Å². The molecular weight excluding hydrogens is 507 g/mol. The maximum atomic E-state index is 12.0. The fourth-order valence-electron chi connectivity index (χ4n) is 2.24. The molecule has 0 spiro atoms. The highest BCUT2D eigenvalue weighted by atomic mass is 127. The highest BCUT2D eigenvalue weighted by molar-refractivity contribution is 14.0. The van der Waals surface area contributed by atoms with Crippen LogP contribution >= 0.6 is 39.9 Å². The first-order valence-electron chi connectivity index (χ1n) is 8.16. The van der Waals surface area contributed by atoms with Crippen LogP contribution in [0.2, 0.25) is 0 Å². The third-order valence-corrected chi connectivity index (χ3v) is 4.09. The molecule has 0 radical (unpaired) electrons. The van der Waals surface area contributed by atoms with E-state index in [1.807, 2.05) is 24.3 Å². The minimum absolute atomic E-state index is 0. The third kappa shape index (κ3) is 7.33. The molecule has 0 bridgehead atoms. The van der Waals surface area contributed by atoms with Gasteiger partial charge in [0.05, 0.1) is 6.54 Å². The normalized spacial score (nSPS) is 11.0. The Balaban J connectivity index is 0.00000338. The highest BCUT2D eigenvalue weighted by Gasteiger charge is 2.05. The van der Waals surface area contributed by atoms with E-state index in [-0.39, 0.29) is 29.9 Å². The van der Waals surface area contributed by atoms with Crippen molar-refractivity contribution in [3.8, 4) is 0 Å². The minimum atomic E-state index is -0.132. The molecule has 1 amide bonds. The Hall–Kier alpha value is -1.61. The smallest absolute Gasteiger partial charge is 0.251 e. The number of guanidine groups is 1. The standard InChI is InChI=1S/C19H23BrN4O.HI/c1-13(2)14-5-4-8-17(12-14)24-19(21)23-10-9-22-18(25)15-6-3-7-16(20)11-15;/h3-8,11-13H,9-10H2,1-2H3,(H,22,25)(H3,21,23,24);1H. The second-order valence-corrected chi connectivity index (χ2v) is 6.85. The van der Waals surface area contributed by atoms with Crippen LogP contribution in [-0.4, -0.2) is 25.0 Å². The molecule has 2 aromatic rings. The van der Waals surface area contributed by atoms with Crippen LogP contribution in [-0.2, 0) is 0 Å². The molecule has 7 heteroatoms. The van der Waals surface area contributed by atoms with E-state index in [1.54, 1.807) is 12.1 Å². The Morgan fingerprint density at radius 2 is 1.92 bits per heavy atom. The van der Waals surface area contributed by atoms with Crippen molar-refractivity contribution < 1.29 is 4.79 Å². The van der Waals surface area contributed by atoms with Crippen molar-refractivity contribution in [1.82, 2.24) is 5.32 Å². The zero-order chi connectivity index (χ0) is 18.2. The zero-order valence-corrected chi connectivity index (χ0v) is 18.7. The Bertz CT molecular complexity index is 765. The number of benzene rings is 2. The molecule has 2 aromatic carbocycles. The Morgan fingerprint density at radius 1 is 1.19 bits per heavy atom. The van der Waals surface area contributed by atoms with Crippen LogP contribution < -0.4 is 16.4 Å². The molecule has 4 N–H and O–H groups in total. The van der Waals surface area contributed by atoms with Crippen LogP contribution in [0.15, 0.2) is 58.0 Å². The van der Waals surface area contributed by atoms with E-state index in [9.17, 15) is 4.79 Å². The van der Waals surface area contributed by atoms with E-state index in [1.165, 1.54) is 5.56 Å². The molecule has 0 aromatic heterocycles. The SMILES string of the molecule is CC(C)c1cccc(NC(N)=NCCNC(=O)c2cccc(Br)c2)c1.I. The Labute approximate surface area is 180 Å². The molecule has 5 nitrogen and oxygen atoms in total. The molecule has 26 heavy (non-hydrogen) atoms. The van der Waals surface area contributed by atoms with Crippen molar-refractivity contribution in [2.75, 3.05) is 18.4 Å². The lowest BCUT2D eigenvalue weighted by atomic mass is 10.0. The van der Waals surface area contributed by atoms with E-state index in [0.717, 1.165) is 10.2 Å². The first-order chi connectivity index (χ1) is 12.0. The summed E-state index contributed by atoms with van der Waals surface area (Å²) < 4.78 is 0.871. The molecular formula is C19H24BrIN4O. The lowest BCUT2D eigenvalue weighted by Gasteiger charge is -2.10. The predicted molar refractivity (Wildman–Crippen MR) is 123 cm³/mol. The van der Waals surface area contributed by atoms with Gasteiger partial charge in [0.15, 0.2) is 5.96 Å². The van der Waals surface area contributed by atoms with Gasteiger partial charge in [0.1, 0.15) is 0 Å². The van der Waals surface area contributed by atoms with Crippen molar-refractivity contribution in [3.63, 3.8) is 0 Å². The molecule has 0 unspecified atom stereocenters. The van der Waals surface area contributed by atoms with Crippen molar-refractivity contribution in [3.05, 3.63) is 64.1 Å². The molecule has 0 heterocycles. The fraction of sp³-hybridized carbons (Fsp3) is 0.263. The summed E-state index contributed by atoms with van der Waals surface area (Å²) in [6.07, 6.45) is 0. The molecule has 0 saturated heterocycles. The topological polar surface area (TPSA) is 79.5 Å². The van der Waals surface area contributed by atoms with Gasteiger partial charge in [-0.15, -0.1) is 24.0 Å². The third-order valence-electron chi connectivity index (χ3n) is 3.59. The maximum absolute atomic E-state index is 12.0. The number of rotatable bonds is 6. The maximum Gasteiger partial charge on any atom is 0.251 e. The number of nitrogens with one attached hydrogen (secondary N) is 2. The van der Waals surface area contributed by atoms with E-state index in [2.05, 4.69) is 57.5 Å². The number of amides is 1. The number of nitrogens with two attached hydrogens (primary N) is 1. The van der Waals surface area contributed by atoms with Crippen molar-refractivity contribution in [2.24, 2.45) is 10.7 Å². The number of carbonyl (C=O) groups is 1. The van der Waals surface area contributed by atoms with Crippen molar-refractivity contribution in [2.45, 2.75) is 19.8 Å². The summed E-state index contributed by atoms with van der Waals surface area (Å²) in [5.41, 5.74) is 8.65. The highest BCUT2D eigenvalue weighted by Crippen LogP contribution is 2.18. The first kappa shape index (κ1) is 22.4. The average Bonchev–Trinajstić information content (AvgIpc) is 2.58. The summed E-state index contributed by atoms with van der Waals surface area (Å²) in [5, 5.41) is 5.89. The Kier molecular flexibility index (Phi) is 9.64. The molecule has 2 rings (SSSR count). The molecule has 0 aliphatic carbocycles. The molecule has 0 fully saturated rings. The molecule has 0 atom stereocenters.